The lowest BCUT2D eigenvalue weighted by Crippen LogP contribution is -2.46. The van der Waals surface area contributed by atoms with Crippen LogP contribution in [0.15, 0.2) is 72.8 Å². The highest BCUT2D eigenvalue weighted by Gasteiger charge is 2.24. The van der Waals surface area contributed by atoms with Gasteiger partial charge in [-0.15, -0.1) is 0 Å². The second-order valence-electron chi connectivity index (χ2n) is 8.27. The Morgan fingerprint density at radius 2 is 1.50 bits per heavy atom. The number of hydrogen-bond acceptors (Lipinski definition) is 3. The summed E-state index contributed by atoms with van der Waals surface area (Å²) in [5.74, 6) is 0.338. The molecule has 1 aliphatic heterocycles. The number of carbonyl (C=O) groups is 2. The molecule has 0 bridgehead atoms. The van der Waals surface area contributed by atoms with Crippen molar-refractivity contribution in [2.75, 3.05) is 20.1 Å². The maximum absolute atomic E-state index is 13.1. The maximum Gasteiger partial charge on any atom is 0.317 e. The zero-order chi connectivity index (χ0) is 23.9. The van der Waals surface area contributed by atoms with Gasteiger partial charge in [0.2, 0.25) is 0 Å². The highest BCUT2D eigenvalue weighted by Crippen LogP contribution is 2.21. The van der Waals surface area contributed by atoms with E-state index in [2.05, 4.69) is 10.6 Å². The van der Waals surface area contributed by atoms with Gasteiger partial charge in [0.25, 0.3) is 5.91 Å². The molecule has 0 aromatic heterocycles. The minimum Gasteiger partial charge on any atom is -0.490 e. The number of ether oxygens (including phenoxy) is 1. The highest BCUT2D eigenvalue weighted by molar-refractivity contribution is 5.94. The molecule has 1 aliphatic rings. The summed E-state index contributed by atoms with van der Waals surface area (Å²) in [5.41, 5.74) is 3.54. The number of carbonyl (C=O) groups excluding carboxylic acids is 2. The second-order valence-corrected chi connectivity index (χ2v) is 8.27. The average molecular weight is 462 g/mol. The Morgan fingerprint density at radius 3 is 2.09 bits per heavy atom. The van der Waals surface area contributed by atoms with E-state index < -0.39 is 0 Å². The van der Waals surface area contributed by atoms with E-state index in [-0.39, 0.29) is 23.9 Å². The lowest BCUT2D eigenvalue weighted by Gasteiger charge is -2.32. The van der Waals surface area contributed by atoms with Gasteiger partial charge in [0.05, 0.1) is 0 Å². The SMILES string of the molecule is CNC(=O)c1ccc(OC2CCN(C(=O)NCc3ccc(-c4ccc(F)cc4)cc3)CC2)cc1. The molecule has 34 heavy (non-hydrogen) atoms. The van der Waals surface area contributed by atoms with Gasteiger partial charge in [0, 0.05) is 45.1 Å². The van der Waals surface area contributed by atoms with Crippen LogP contribution in [0, 0.1) is 5.82 Å². The van der Waals surface area contributed by atoms with Gasteiger partial charge in [0.1, 0.15) is 17.7 Å². The van der Waals surface area contributed by atoms with E-state index in [1.54, 1.807) is 48.3 Å². The molecular weight excluding hydrogens is 433 g/mol. The molecule has 2 N–H and O–H groups in total. The van der Waals surface area contributed by atoms with E-state index in [1.807, 2.05) is 24.3 Å². The predicted octanol–water partition coefficient (Wildman–Crippen LogP) is 4.61. The van der Waals surface area contributed by atoms with Crippen LogP contribution in [0.1, 0.15) is 28.8 Å². The number of piperidine rings is 1. The van der Waals surface area contributed by atoms with Crippen LogP contribution < -0.4 is 15.4 Å². The summed E-state index contributed by atoms with van der Waals surface area (Å²) in [5, 5.41) is 5.58. The summed E-state index contributed by atoms with van der Waals surface area (Å²) in [6, 6.07) is 21.2. The number of amides is 3. The van der Waals surface area contributed by atoms with Crippen LogP contribution in [0.2, 0.25) is 0 Å². The lowest BCUT2D eigenvalue weighted by molar-refractivity contribution is 0.0963. The number of halogens is 1. The molecule has 0 radical (unpaired) electrons. The van der Waals surface area contributed by atoms with Crippen LogP contribution in [-0.2, 0) is 6.54 Å². The lowest BCUT2D eigenvalue weighted by atomic mass is 10.0. The van der Waals surface area contributed by atoms with Crippen LogP contribution in [0.25, 0.3) is 11.1 Å². The van der Waals surface area contributed by atoms with Crippen molar-refractivity contribution in [3.05, 3.63) is 89.7 Å². The fourth-order valence-corrected chi connectivity index (χ4v) is 3.95. The first-order valence-corrected chi connectivity index (χ1v) is 11.4. The Labute approximate surface area is 198 Å². The van der Waals surface area contributed by atoms with Crippen molar-refractivity contribution < 1.29 is 18.7 Å². The summed E-state index contributed by atoms with van der Waals surface area (Å²) in [7, 11) is 1.60. The molecule has 3 aromatic rings. The number of likely N-dealkylation sites (tertiary alicyclic amines) is 1. The molecule has 1 saturated heterocycles. The molecule has 1 heterocycles. The third-order valence-corrected chi connectivity index (χ3v) is 5.95. The molecule has 6 nitrogen and oxygen atoms in total. The molecule has 0 saturated carbocycles. The number of nitrogens with zero attached hydrogens (tertiary/aromatic N) is 1. The van der Waals surface area contributed by atoms with Gasteiger partial charge >= 0.3 is 6.03 Å². The molecule has 7 heteroatoms. The van der Waals surface area contributed by atoms with Crippen LogP contribution in [0.4, 0.5) is 9.18 Å². The molecule has 4 rings (SSSR count). The number of rotatable bonds is 6. The normalized spacial score (nSPS) is 13.9. The Morgan fingerprint density at radius 1 is 0.912 bits per heavy atom. The second kappa shape index (κ2) is 10.8. The van der Waals surface area contributed by atoms with E-state index in [0.29, 0.717) is 25.2 Å². The van der Waals surface area contributed by atoms with Gasteiger partial charge in [-0.1, -0.05) is 36.4 Å². The standard InChI is InChI=1S/C27H28FN3O3/c1-29-26(32)22-8-12-24(13-9-22)34-25-14-16-31(17-15-25)27(33)30-18-19-2-4-20(5-3-19)21-6-10-23(28)11-7-21/h2-13,25H,14-18H2,1H3,(H,29,32)(H,30,33). The van der Waals surface area contributed by atoms with E-state index >= 15 is 0 Å². The fraction of sp³-hybridized carbons (Fsp3) is 0.259. The Hall–Kier alpha value is -3.87. The predicted molar refractivity (Wildman–Crippen MR) is 129 cm³/mol. The van der Waals surface area contributed by atoms with E-state index in [0.717, 1.165) is 35.3 Å². The van der Waals surface area contributed by atoms with Crippen LogP contribution >= 0.6 is 0 Å². The Balaban J connectivity index is 1.21. The molecule has 0 aliphatic carbocycles. The average Bonchev–Trinajstić information content (AvgIpc) is 2.88. The fourth-order valence-electron chi connectivity index (χ4n) is 3.95. The molecular formula is C27H28FN3O3. The van der Waals surface area contributed by atoms with Crippen molar-refractivity contribution in [2.45, 2.75) is 25.5 Å². The summed E-state index contributed by atoms with van der Waals surface area (Å²) < 4.78 is 19.1. The maximum atomic E-state index is 13.1. The molecule has 3 amide bonds. The molecule has 1 fully saturated rings. The van der Waals surface area contributed by atoms with Gasteiger partial charge in [0.15, 0.2) is 0 Å². The molecule has 176 valence electrons. The first kappa shape index (κ1) is 23.3. The third-order valence-electron chi connectivity index (χ3n) is 5.95. The van der Waals surface area contributed by atoms with Gasteiger partial charge in [-0.05, 0) is 53.1 Å². The monoisotopic (exact) mass is 461 g/mol. The van der Waals surface area contributed by atoms with Crippen molar-refractivity contribution in [1.29, 1.82) is 0 Å². The van der Waals surface area contributed by atoms with Crippen molar-refractivity contribution in [1.82, 2.24) is 15.5 Å². The van der Waals surface area contributed by atoms with Crippen molar-refractivity contribution in [3.8, 4) is 16.9 Å². The third kappa shape index (κ3) is 5.92. The van der Waals surface area contributed by atoms with Crippen molar-refractivity contribution >= 4 is 11.9 Å². The summed E-state index contributed by atoms with van der Waals surface area (Å²) in [6.45, 7) is 1.68. The number of urea groups is 1. The van der Waals surface area contributed by atoms with Crippen molar-refractivity contribution in [2.24, 2.45) is 0 Å². The van der Waals surface area contributed by atoms with E-state index in [4.69, 9.17) is 4.74 Å². The van der Waals surface area contributed by atoms with Crippen LogP contribution in [0.5, 0.6) is 5.75 Å². The molecule has 0 unspecified atom stereocenters. The van der Waals surface area contributed by atoms with Gasteiger partial charge in [-0.25, -0.2) is 9.18 Å². The first-order chi connectivity index (χ1) is 16.5. The van der Waals surface area contributed by atoms with Gasteiger partial charge in [-0.2, -0.15) is 0 Å². The molecule has 0 spiro atoms. The Bertz CT molecular complexity index is 1110. The number of hydrogen-bond donors (Lipinski definition) is 2. The largest absolute Gasteiger partial charge is 0.490 e. The smallest absolute Gasteiger partial charge is 0.317 e. The van der Waals surface area contributed by atoms with Crippen LogP contribution in [0.3, 0.4) is 0 Å². The minimum absolute atomic E-state index is 0.0360. The number of benzene rings is 3. The van der Waals surface area contributed by atoms with Gasteiger partial charge < -0.3 is 20.3 Å². The van der Waals surface area contributed by atoms with Crippen molar-refractivity contribution in [3.63, 3.8) is 0 Å². The molecule has 3 aromatic carbocycles. The quantitative estimate of drug-likeness (QED) is 0.563. The Kier molecular flexibility index (Phi) is 7.42. The van der Waals surface area contributed by atoms with Crippen LogP contribution in [-0.4, -0.2) is 43.1 Å². The highest BCUT2D eigenvalue weighted by atomic mass is 19.1. The van der Waals surface area contributed by atoms with Gasteiger partial charge in [-0.3, -0.25) is 4.79 Å². The number of nitrogens with one attached hydrogen (secondary N) is 2. The summed E-state index contributed by atoms with van der Waals surface area (Å²) in [6.07, 6.45) is 1.53. The molecule has 0 atom stereocenters. The zero-order valence-corrected chi connectivity index (χ0v) is 19.1. The summed E-state index contributed by atoms with van der Waals surface area (Å²) in [4.78, 5) is 26.0. The minimum atomic E-state index is -0.254. The van der Waals surface area contributed by atoms with E-state index in [1.165, 1.54) is 12.1 Å². The first-order valence-electron chi connectivity index (χ1n) is 11.4. The topological polar surface area (TPSA) is 70.7 Å². The zero-order valence-electron chi connectivity index (χ0n) is 19.1. The van der Waals surface area contributed by atoms with E-state index in [9.17, 15) is 14.0 Å². The summed E-state index contributed by atoms with van der Waals surface area (Å²) >= 11 is 0.